The first-order valence-electron chi connectivity index (χ1n) is 7.53. The van der Waals surface area contributed by atoms with Gasteiger partial charge in [-0.2, -0.15) is 0 Å². The Morgan fingerprint density at radius 1 is 1.00 bits per heavy atom. The molecule has 128 valence electrons. The minimum absolute atomic E-state index is 0.0276. The number of esters is 1. The molecule has 1 heterocycles. The van der Waals surface area contributed by atoms with E-state index in [0.29, 0.717) is 0 Å². The highest BCUT2D eigenvalue weighted by Crippen LogP contribution is 2.29. The lowest BCUT2D eigenvalue weighted by molar-refractivity contribution is -0.143. The zero-order valence-corrected chi connectivity index (χ0v) is 13.4. The highest BCUT2D eigenvalue weighted by molar-refractivity contribution is 6.28. The smallest absolute Gasteiger partial charge is 0.313 e. The van der Waals surface area contributed by atoms with Crippen LogP contribution < -0.4 is 0 Å². The van der Waals surface area contributed by atoms with Gasteiger partial charge in [0.05, 0.1) is 12.2 Å². The van der Waals surface area contributed by atoms with Gasteiger partial charge < -0.3 is 13.9 Å². The summed E-state index contributed by atoms with van der Waals surface area (Å²) in [6.45, 7) is 0.250. The summed E-state index contributed by atoms with van der Waals surface area (Å²) in [5.41, 5.74) is 0.519. The van der Waals surface area contributed by atoms with Crippen LogP contribution in [0.5, 0.6) is 0 Å². The third-order valence-electron chi connectivity index (χ3n) is 3.73. The number of ether oxygens (including phenoxy) is 2. The van der Waals surface area contributed by atoms with Crippen molar-refractivity contribution in [3.8, 4) is 0 Å². The molecule has 0 bridgehead atoms. The monoisotopic (exact) mass is 342 g/mol. The van der Waals surface area contributed by atoms with Crippen LogP contribution in [-0.2, 0) is 14.3 Å². The molecule has 0 saturated carbocycles. The molecule has 7 heteroatoms. The first-order chi connectivity index (χ1) is 12.0. The maximum Gasteiger partial charge on any atom is 0.313 e. The summed E-state index contributed by atoms with van der Waals surface area (Å²) in [5, 5.41) is 0. The van der Waals surface area contributed by atoms with Crippen molar-refractivity contribution >= 4 is 23.3 Å². The number of carbonyl (C=O) groups excluding carboxylic acids is 4. The second-order valence-corrected chi connectivity index (χ2v) is 5.37. The molecule has 3 rings (SSSR count). The van der Waals surface area contributed by atoms with Crippen LogP contribution in [0.2, 0.25) is 0 Å². The van der Waals surface area contributed by atoms with E-state index < -0.39 is 29.7 Å². The molecule has 2 aromatic rings. The van der Waals surface area contributed by atoms with Gasteiger partial charge in [-0.1, -0.05) is 24.3 Å². The summed E-state index contributed by atoms with van der Waals surface area (Å²) in [6, 6.07) is 7.56. The fourth-order valence-electron chi connectivity index (χ4n) is 2.52. The van der Waals surface area contributed by atoms with Crippen LogP contribution in [0.1, 0.15) is 49.0 Å². The summed E-state index contributed by atoms with van der Waals surface area (Å²) in [6.07, 6.45) is -0.550. The van der Waals surface area contributed by atoms with Crippen LogP contribution >= 0.6 is 0 Å². The zero-order valence-electron chi connectivity index (χ0n) is 13.4. The van der Waals surface area contributed by atoms with Crippen molar-refractivity contribution < 1.29 is 33.1 Å². The van der Waals surface area contributed by atoms with Crippen LogP contribution in [-0.4, -0.2) is 43.6 Å². The van der Waals surface area contributed by atoms with Crippen molar-refractivity contribution in [2.45, 2.75) is 6.42 Å². The molecule has 0 radical (unpaired) electrons. The zero-order chi connectivity index (χ0) is 18.0. The molecule has 1 aromatic carbocycles. The molecule has 1 aliphatic carbocycles. The number of fused-ring (bicyclic) bond motifs is 2. The molecule has 0 saturated heterocycles. The number of rotatable bonds is 6. The normalized spacial score (nSPS) is 12.5. The van der Waals surface area contributed by atoms with Crippen molar-refractivity contribution in [2.24, 2.45) is 0 Å². The number of hydrogen-bond acceptors (Lipinski definition) is 7. The third kappa shape index (κ3) is 3.14. The van der Waals surface area contributed by atoms with Crippen LogP contribution in [0.25, 0.3) is 0 Å². The Kier molecular flexibility index (Phi) is 4.58. The van der Waals surface area contributed by atoms with Gasteiger partial charge >= 0.3 is 5.97 Å². The Bertz CT molecular complexity index is 823. The average molecular weight is 342 g/mol. The van der Waals surface area contributed by atoms with E-state index in [9.17, 15) is 19.2 Å². The molecule has 0 fully saturated rings. The summed E-state index contributed by atoms with van der Waals surface area (Å²) in [4.78, 5) is 48.6. The Balaban J connectivity index is 1.81. The molecule has 1 aromatic heterocycles. The lowest BCUT2D eigenvalue weighted by atomic mass is 9.88. The number of carbonyl (C=O) groups is 4. The number of Topliss-reactive ketones (excluding diaryl/α,β-unsaturated/α-hetero) is 1. The van der Waals surface area contributed by atoms with Crippen LogP contribution in [0.15, 0.2) is 34.7 Å². The predicted molar refractivity (Wildman–Crippen MR) is 83.8 cm³/mol. The number of furan rings is 1. The van der Waals surface area contributed by atoms with Gasteiger partial charge in [0.25, 0.3) is 0 Å². The lowest BCUT2D eigenvalue weighted by Gasteiger charge is -2.11. The van der Waals surface area contributed by atoms with Gasteiger partial charge in [0.1, 0.15) is 13.0 Å². The minimum Gasteiger partial charge on any atom is -0.463 e. The van der Waals surface area contributed by atoms with E-state index in [1.807, 2.05) is 0 Å². The fourth-order valence-corrected chi connectivity index (χ4v) is 2.52. The van der Waals surface area contributed by atoms with Gasteiger partial charge in [0.15, 0.2) is 17.3 Å². The molecule has 0 aliphatic heterocycles. The Morgan fingerprint density at radius 3 is 2.36 bits per heavy atom. The molecule has 1 aliphatic rings. The average Bonchev–Trinajstić information content (AvgIpc) is 3.06. The SMILES string of the molecule is COCCOC(=O)CC(=O)c1cc2c(o1)C(=O)c1ccccc1C2=O. The Labute approximate surface area is 142 Å². The maximum absolute atomic E-state index is 12.5. The second kappa shape index (κ2) is 6.82. The van der Waals surface area contributed by atoms with Crippen molar-refractivity contribution in [1.82, 2.24) is 0 Å². The largest absolute Gasteiger partial charge is 0.463 e. The van der Waals surface area contributed by atoms with Gasteiger partial charge in [0.2, 0.25) is 11.6 Å². The van der Waals surface area contributed by atoms with E-state index >= 15 is 0 Å². The van der Waals surface area contributed by atoms with E-state index in [-0.39, 0.29) is 41.4 Å². The molecule has 25 heavy (non-hydrogen) atoms. The number of methoxy groups -OCH3 is 1. The van der Waals surface area contributed by atoms with E-state index in [0.717, 1.165) is 0 Å². The molecule has 0 unspecified atom stereocenters. The first kappa shape index (κ1) is 16.8. The highest BCUT2D eigenvalue weighted by atomic mass is 16.6. The highest BCUT2D eigenvalue weighted by Gasteiger charge is 2.34. The van der Waals surface area contributed by atoms with Crippen LogP contribution in [0.4, 0.5) is 0 Å². The molecule has 0 spiro atoms. The van der Waals surface area contributed by atoms with Gasteiger partial charge in [-0.05, 0) is 6.07 Å². The summed E-state index contributed by atoms with van der Waals surface area (Å²) in [7, 11) is 1.46. The predicted octanol–water partition coefficient (Wildman–Crippen LogP) is 1.82. The summed E-state index contributed by atoms with van der Waals surface area (Å²) >= 11 is 0. The Morgan fingerprint density at radius 2 is 1.68 bits per heavy atom. The van der Waals surface area contributed by atoms with Crippen molar-refractivity contribution in [1.29, 1.82) is 0 Å². The van der Waals surface area contributed by atoms with Gasteiger partial charge in [0, 0.05) is 18.2 Å². The third-order valence-corrected chi connectivity index (χ3v) is 3.73. The van der Waals surface area contributed by atoms with Crippen molar-refractivity contribution in [3.05, 3.63) is 58.5 Å². The molecular formula is C18H14O7. The topological polar surface area (TPSA) is 99.9 Å². The standard InChI is InChI=1S/C18H14O7/c1-23-6-7-24-15(20)9-13(19)14-8-12-16(21)10-4-2-3-5-11(10)17(22)18(12)25-14/h2-5,8H,6-7,9H2,1H3. The molecular weight excluding hydrogens is 328 g/mol. The van der Waals surface area contributed by atoms with Gasteiger partial charge in [-0.25, -0.2) is 0 Å². The molecule has 0 N–H and O–H groups in total. The second-order valence-electron chi connectivity index (χ2n) is 5.37. The number of hydrogen-bond donors (Lipinski definition) is 0. The summed E-state index contributed by atoms with van der Waals surface area (Å²) in [5.74, 6) is -2.66. The summed E-state index contributed by atoms with van der Waals surface area (Å²) < 4.78 is 14.8. The quantitative estimate of drug-likeness (QED) is 0.291. The van der Waals surface area contributed by atoms with Crippen molar-refractivity contribution in [3.63, 3.8) is 0 Å². The number of ketones is 3. The van der Waals surface area contributed by atoms with E-state index in [1.165, 1.54) is 19.2 Å². The number of benzene rings is 1. The Hall–Kier alpha value is -3.06. The van der Waals surface area contributed by atoms with E-state index in [1.54, 1.807) is 18.2 Å². The first-order valence-corrected chi connectivity index (χ1v) is 7.53. The van der Waals surface area contributed by atoms with E-state index in [2.05, 4.69) is 0 Å². The van der Waals surface area contributed by atoms with Crippen LogP contribution in [0, 0.1) is 0 Å². The van der Waals surface area contributed by atoms with Gasteiger partial charge in [-0.15, -0.1) is 0 Å². The molecule has 0 amide bonds. The van der Waals surface area contributed by atoms with E-state index in [4.69, 9.17) is 13.9 Å². The lowest BCUT2D eigenvalue weighted by Crippen LogP contribution is -2.18. The molecule has 7 nitrogen and oxygen atoms in total. The van der Waals surface area contributed by atoms with Gasteiger partial charge in [-0.3, -0.25) is 19.2 Å². The maximum atomic E-state index is 12.5. The minimum atomic E-state index is -0.739. The molecule has 0 atom stereocenters. The fraction of sp³-hybridized carbons (Fsp3) is 0.222. The van der Waals surface area contributed by atoms with Crippen LogP contribution in [0.3, 0.4) is 0 Å². The van der Waals surface area contributed by atoms with Crippen molar-refractivity contribution in [2.75, 3.05) is 20.3 Å².